The molecule has 0 fully saturated rings. The average Bonchev–Trinajstić information content (AvgIpc) is 2.41. The third-order valence-electron chi connectivity index (χ3n) is 2.59. The molecule has 2 N–H and O–H groups in total. The fourth-order valence-electron chi connectivity index (χ4n) is 1.59. The molecule has 6 nitrogen and oxygen atoms in total. The fourth-order valence-corrected chi connectivity index (χ4v) is 2.16. The molecular formula is C13H8F2O6S. The maximum absolute atomic E-state index is 13.3. The minimum atomic E-state index is -4.67. The lowest BCUT2D eigenvalue weighted by Gasteiger charge is -2.07. The van der Waals surface area contributed by atoms with Crippen molar-refractivity contribution >= 4 is 16.1 Å². The van der Waals surface area contributed by atoms with Gasteiger partial charge in [0.15, 0.2) is 11.6 Å². The van der Waals surface area contributed by atoms with Gasteiger partial charge in [-0.25, -0.2) is 13.6 Å². The first-order valence-electron chi connectivity index (χ1n) is 5.67. The summed E-state index contributed by atoms with van der Waals surface area (Å²) in [4.78, 5) is 10.9. The lowest BCUT2D eigenvalue weighted by atomic mass is 10.2. The number of aromatic hydroxyl groups is 1. The van der Waals surface area contributed by atoms with E-state index in [0.29, 0.717) is 6.07 Å². The Morgan fingerprint density at radius 2 is 1.68 bits per heavy atom. The SMILES string of the molecule is O=C(Oc1c(F)cccc1F)c1ccc(S(=O)(=O)O)c(O)c1. The number of rotatable bonds is 3. The van der Waals surface area contributed by atoms with Gasteiger partial charge in [-0.15, -0.1) is 0 Å². The summed E-state index contributed by atoms with van der Waals surface area (Å²) >= 11 is 0. The van der Waals surface area contributed by atoms with Crippen molar-refractivity contribution < 1.29 is 36.4 Å². The highest BCUT2D eigenvalue weighted by Crippen LogP contribution is 2.26. The number of para-hydroxylation sites is 1. The first kappa shape index (κ1) is 15.9. The van der Waals surface area contributed by atoms with Crippen LogP contribution in [0.2, 0.25) is 0 Å². The molecule has 2 aromatic rings. The molecule has 0 amide bonds. The van der Waals surface area contributed by atoms with E-state index < -0.39 is 44.1 Å². The van der Waals surface area contributed by atoms with E-state index in [0.717, 1.165) is 30.3 Å². The van der Waals surface area contributed by atoms with E-state index in [9.17, 15) is 27.1 Å². The molecule has 0 saturated carbocycles. The summed E-state index contributed by atoms with van der Waals surface area (Å²) in [5.41, 5.74) is -0.368. The highest BCUT2D eigenvalue weighted by Gasteiger charge is 2.20. The van der Waals surface area contributed by atoms with Gasteiger partial charge < -0.3 is 9.84 Å². The van der Waals surface area contributed by atoms with Crippen molar-refractivity contribution in [1.82, 2.24) is 0 Å². The number of phenolic OH excluding ortho intramolecular Hbond substituents is 1. The number of carbonyl (C=O) groups is 1. The molecule has 0 spiro atoms. The summed E-state index contributed by atoms with van der Waals surface area (Å²) in [5.74, 6) is -5.27. The maximum Gasteiger partial charge on any atom is 0.343 e. The zero-order chi connectivity index (χ0) is 16.5. The van der Waals surface area contributed by atoms with Crippen LogP contribution in [0.1, 0.15) is 10.4 Å². The van der Waals surface area contributed by atoms with Crippen LogP contribution in [0.25, 0.3) is 0 Å². The third kappa shape index (κ3) is 3.21. The van der Waals surface area contributed by atoms with E-state index in [2.05, 4.69) is 4.74 Å². The van der Waals surface area contributed by atoms with Gasteiger partial charge in [-0.2, -0.15) is 8.42 Å². The van der Waals surface area contributed by atoms with Crippen LogP contribution in [0.3, 0.4) is 0 Å². The normalized spacial score (nSPS) is 11.2. The average molecular weight is 330 g/mol. The zero-order valence-corrected chi connectivity index (χ0v) is 11.5. The van der Waals surface area contributed by atoms with Gasteiger partial charge in [0.25, 0.3) is 10.1 Å². The number of halogens is 2. The lowest BCUT2D eigenvalue weighted by Crippen LogP contribution is -2.11. The molecule has 2 rings (SSSR count). The second-order valence-electron chi connectivity index (χ2n) is 4.10. The summed E-state index contributed by atoms with van der Waals surface area (Å²) in [6.07, 6.45) is 0. The predicted molar refractivity (Wildman–Crippen MR) is 69.2 cm³/mol. The van der Waals surface area contributed by atoms with Gasteiger partial charge >= 0.3 is 5.97 Å². The largest absolute Gasteiger partial charge is 0.506 e. The molecule has 0 bridgehead atoms. The van der Waals surface area contributed by atoms with Gasteiger partial charge in [0.2, 0.25) is 5.75 Å². The Hall–Kier alpha value is -2.52. The van der Waals surface area contributed by atoms with Crippen molar-refractivity contribution in [2.75, 3.05) is 0 Å². The zero-order valence-electron chi connectivity index (χ0n) is 10.7. The second kappa shape index (κ2) is 5.70. The number of phenols is 1. The molecule has 0 aliphatic carbocycles. The lowest BCUT2D eigenvalue weighted by molar-refractivity contribution is 0.0719. The molecule has 22 heavy (non-hydrogen) atoms. The molecule has 0 unspecified atom stereocenters. The first-order chi connectivity index (χ1) is 10.2. The van der Waals surface area contributed by atoms with E-state index in [-0.39, 0.29) is 5.56 Å². The Kier molecular flexibility index (Phi) is 4.11. The first-order valence-corrected chi connectivity index (χ1v) is 7.11. The predicted octanol–water partition coefficient (Wildman–Crippen LogP) is 2.14. The van der Waals surface area contributed by atoms with Crippen LogP contribution in [-0.2, 0) is 10.1 Å². The maximum atomic E-state index is 13.3. The van der Waals surface area contributed by atoms with Crippen molar-refractivity contribution in [1.29, 1.82) is 0 Å². The van der Waals surface area contributed by atoms with E-state index in [4.69, 9.17) is 4.55 Å². The molecular weight excluding hydrogens is 322 g/mol. The summed E-state index contributed by atoms with van der Waals surface area (Å²) in [5, 5.41) is 9.46. The monoisotopic (exact) mass is 330 g/mol. The number of hydrogen-bond acceptors (Lipinski definition) is 5. The highest BCUT2D eigenvalue weighted by molar-refractivity contribution is 7.86. The number of benzene rings is 2. The minimum Gasteiger partial charge on any atom is -0.506 e. The molecule has 0 radical (unpaired) electrons. The van der Waals surface area contributed by atoms with E-state index in [1.54, 1.807) is 0 Å². The second-order valence-corrected chi connectivity index (χ2v) is 5.49. The third-order valence-corrected chi connectivity index (χ3v) is 3.49. The van der Waals surface area contributed by atoms with E-state index in [1.165, 1.54) is 0 Å². The molecule has 9 heteroatoms. The van der Waals surface area contributed by atoms with Gasteiger partial charge in [-0.3, -0.25) is 4.55 Å². The van der Waals surface area contributed by atoms with Crippen molar-refractivity contribution in [3.63, 3.8) is 0 Å². The van der Waals surface area contributed by atoms with Crippen LogP contribution in [-0.4, -0.2) is 24.0 Å². The summed E-state index contributed by atoms with van der Waals surface area (Å²) < 4.78 is 61.8. The molecule has 0 saturated heterocycles. The van der Waals surface area contributed by atoms with Gasteiger partial charge in [0, 0.05) is 0 Å². The van der Waals surface area contributed by atoms with Crippen LogP contribution >= 0.6 is 0 Å². The summed E-state index contributed by atoms with van der Waals surface area (Å²) in [6, 6.07) is 5.18. The molecule has 116 valence electrons. The van der Waals surface area contributed by atoms with Crippen LogP contribution in [0.5, 0.6) is 11.5 Å². The highest BCUT2D eigenvalue weighted by atomic mass is 32.2. The number of esters is 1. The molecule has 0 heterocycles. The topological polar surface area (TPSA) is 101 Å². The quantitative estimate of drug-likeness (QED) is 0.508. The number of hydrogen-bond donors (Lipinski definition) is 2. The van der Waals surface area contributed by atoms with Gasteiger partial charge in [-0.05, 0) is 30.3 Å². The smallest absolute Gasteiger partial charge is 0.343 e. The van der Waals surface area contributed by atoms with Crippen molar-refractivity contribution in [3.8, 4) is 11.5 Å². The van der Waals surface area contributed by atoms with Crippen LogP contribution < -0.4 is 4.74 Å². The molecule has 0 aliphatic heterocycles. The van der Waals surface area contributed by atoms with Crippen LogP contribution in [0.4, 0.5) is 8.78 Å². The summed E-state index contributed by atoms with van der Waals surface area (Å²) in [7, 11) is -4.67. The molecule has 0 aromatic heterocycles. The Balaban J connectivity index is 2.33. The van der Waals surface area contributed by atoms with Crippen molar-refractivity contribution in [2.24, 2.45) is 0 Å². The molecule has 0 atom stereocenters. The molecule has 2 aromatic carbocycles. The van der Waals surface area contributed by atoms with Crippen LogP contribution in [0, 0.1) is 11.6 Å². The van der Waals surface area contributed by atoms with Crippen LogP contribution in [0.15, 0.2) is 41.3 Å². The minimum absolute atomic E-state index is 0.368. The number of carbonyl (C=O) groups excluding carboxylic acids is 1. The Morgan fingerprint density at radius 3 is 2.18 bits per heavy atom. The number of ether oxygens (including phenoxy) is 1. The summed E-state index contributed by atoms with van der Waals surface area (Å²) in [6.45, 7) is 0. The van der Waals surface area contributed by atoms with Gasteiger partial charge in [0.05, 0.1) is 5.56 Å². The Bertz CT molecular complexity index is 827. The van der Waals surface area contributed by atoms with Gasteiger partial charge in [-0.1, -0.05) is 6.07 Å². The molecule has 0 aliphatic rings. The Morgan fingerprint density at radius 1 is 1.09 bits per heavy atom. The van der Waals surface area contributed by atoms with E-state index in [1.807, 2.05) is 0 Å². The standard InChI is InChI=1S/C13H8F2O6S/c14-8-2-1-3-9(15)12(8)21-13(17)7-4-5-11(10(16)6-7)22(18,19)20/h1-6,16H,(H,18,19,20). The van der Waals surface area contributed by atoms with Crippen molar-refractivity contribution in [2.45, 2.75) is 4.90 Å². The van der Waals surface area contributed by atoms with Crippen molar-refractivity contribution in [3.05, 3.63) is 53.6 Å². The van der Waals surface area contributed by atoms with Gasteiger partial charge in [0.1, 0.15) is 10.6 Å². The van der Waals surface area contributed by atoms with E-state index >= 15 is 0 Å². The Labute approximate surface area is 123 Å². The fraction of sp³-hybridized carbons (Fsp3) is 0.